The Morgan fingerprint density at radius 2 is 2.40 bits per heavy atom. The number of aromatic carboxylic acids is 1. The molecule has 3 N–H and O–H groups in total. The van der Waals surface area contributed by atoms with Crippen LogP contribution in [-0.2, 0) is 11.2 Å². The van der Waals surface area contributed by atoms with Gasteiger partial charge in [0.1, 0.15) is 0 Å². The molecule has 1 aliphatic rings. The van der Waals surface area contributed by atoms with Crippen molar-refractivity contribution in [3.05, 3.63) is 16.1 Å². The topological polar surface area (TPSA) is 101 Å². The van der Waals surface area contributed by atoms with E-state index in [0.717, 1.165) is 6.42 Å². The maximum atomic E-state index is 11.7. The Labute approximate surface area is 120 Å². The Morgan fingerprint density at radius 3 is 3.00 bits per heavy atom. The predicted octanol–water partition coefficient (Wildman–Crippen LogP) is 0.860. The van der Waals surface area contributed by atoms with Crippen molar-refractivity contribution in [1.82, 2.24) is 15.6 Å². The average molecular weight is 299 g/mol. The lowest BCUT2D eigenvalue weighted by Gasteiger charge is -2.16. The maximum absolute atomic E-state index is 11.7. The number of hydrogen-bond donors (Lipinski definition) is 3. The van der Waals surface area contributed by atoms with E-state index >= 15 is 0 Å². The fourth-order valence-electron chi connectivity index (χ4n) is 1.95. The van der Waals surface area contributed by atoms with Crippen molar-refractivity contribution in [2.75, 3.05) is 13.2 Å². The lowest BCUT2D eigenvalue weighted by Crippen LogP contribution is -2.45. The fourth-order valence-corrected chi connectivity index (χ4v) is 2.72. The van der Waals surface area contributed by atoms with Gasteiger partial charge >= 0.3 is 12.0 Å². The second-order valence-corrected chi connectivity index (χ2v) is 5.50. The van der Waals surface area contributed by atoms with Gasteiger partial charge < -0.3 is 20.5 Å². The number of thiazole rings is 1. The van der Waals surface area contributed by atoms with Crippen LogP contribution in [0.5, 0.6) is 0 Å². The molecule has 1 saturated heterocycles. The summed E-state index contributed by atoms with van der Waals surface area (Å²) in [4.78, 5) is 26.3. The smallest absolute Gasteiger partial charge is 0.355 e. The van der Waals surface area contributed by atoms with Crippen LogP contribution >= 0.6 is 11.3 Å². The highest BCUT2D eigenvalue weighted by Crippen LogP contribution is 2.12. The number of carbonyl (C=O) groups excluding carboxylic acids is 1. The number of rotatable bonds is 5. The van der Waals surface area contributed by atoms with E-state index in [1.54, 1.807) is 0 Å². The zero-order valence-corrected chi connectivity index (χ0v) is 11.9. The van der Waals surface area contributed by atoms with E-state index in [1.807, 2.05) is 6.92 Å². The van der Waals surface area contributed by atoms with E-state index in [2.05, 4.69) is 15.6 Å². The molecule has 2 unspecified atom stereocenters. The first-order chi connectivity index (χ1) is 9.56. The first-order valence-electron chi connectivity index (χ1n) is 6.40. The molecule has 2 atom stereocenters. The summed E-state index contributed by atoms with van der Waals surface area (Å²) in [5.41, 5.74) is 0.0476. The number of ether oxygens (including phenoxy) is 1. The van der Waals surface area contributed by atoms with E-state index in [1.165, 1.54) is 16.7 Å². The quantitative estimate of drug-likeness (QED) is 0.748. The summed E-state index contributed by atoms with van der Waals surface area (Å²) in [6.45, 7) is 3.02. The van der Waals surface area contributed by atoms with Gasteiger partial charge in [0.05, 0.1) is 17.2 Å². The molecule has 0 saturated carbocycles. The first kappa shape index (κ1) is 14.7. The number of aromatic nitrogens is 1. The van der Waals surface area contributed by atoms with E-state index in [4.69, 9.17) is 9.84 Å². The van der Waals surface area contributed by atoms with Gasteiger partial charge in [-0.2, -0.15) is 0 Å². The average Bonchev–Trinajstić information content (AvgIpc) is 3.00. The van der Waals surface area contributed by atoms with E-state index < -0.39 is 5.97 Å². The Hall–Kier alpha value is -1.67. The van der Waals surface area contributed by atoms with Crippen LogP contribution < -0.4 is 10.6 Å². The number of carboxylic acids is 1. The molecule has 0 spiro atoms. The van der Waals surface area contributed by atoms with Crippen LogP contribution in [-0.4, -0.2) is 47.4 Å². The van der Waals surface area contributed by atoms with Crippen molar-refractivity contribution in [3.63, 3.8) is 0 Å². The lowest BCUT2D eigenvalue weighted by molar-refractivity contribution is 0.0691. The molecule has 0 bridgehead atoms. The molecular weight excluding hydrogens is 282 g/mol. The first-order valence-corrected chi connectivity index (χ1v) is 7.28. The molecule has 7 nitrogen and oxygen atoms in total. The van der Waals surface area contributed by atoms with Crippen molar-refractivity contribution in [2.24, 2.45) is 0 Å². The van der Waals surface area contributed by atoms with Gasteiger partial charge in [0, 0.05) is 25.0 Å². The van der Waals surface area contributed by atoms with Crippen LogP contribution in [0.15, 0.2) is 5.38 Å². The van der Waals surface area contributed by atoms with Crippen LogP contribution in [0.25, 0.3) is 0 Å². The van der Waals surface area contributed by atoms with Gasteiger partial charge in [-0.25, -0.2) is 14.6 Å². The van der Waals surface area contributed by atoms with Crippen LogP contribution in [0.2, 0.25) is 0 Å². The van der Waals surface area contributed by atoms with Gasteiger partial charge in [0.25, 0.3) is 0 Å². The summed E-state index contributed by atoms with van der Waals surface area (Å²) in [6.07, 6.45) is 1.38. The largest absolute Gasteiger partial charge is 0.476 e. The van der Waals surface area contributed by atoms with Crippen molar-refractivity contribution < 1.29 is 19.4 Å². The minimum Gasteiger partial charge on any atom is -0.476 e. The molecule has 0 radical (unpaired) electrons. The molecule has 1 aromatic heterocycles. The number of carboxylic acid groups (broad SMARTS) is 1. The minimum atomic E-state index is -1.03. The highest BCUT2D eigenvalue weighted by atomic mass is 32.1. The van der Waals surface area contributed by atoms with Gasteiger partial charge in [-0.1, -0.05) is 0 Å². The third kappa shape index (κ3) is 3.91. The van der Waals surface area contributed by atoms with Crippen LogP contribution in [0, 0.1) is 0 Å². The zero-order chi connectivity index (χ0) is 14.5. The van der Waals surface area contributed by atoms with Crippen LogP contribution in [0.3, 0.4) is 0 Å². The third-order valence-electron chi connectivity index (χ3n) is 3.09. The van der Waals surface area contributed by atoms with E-state index in [-0.39, 0.29) is 23.9 Å². The normalized spacial score (nSPS) is 21.6. The van der Waals surface area contributed by atoms with Crippen molar-refractivity contribution in [1.29, 1.82) is 0 Å². The Kier molecular flexibility index (Phi) is 4.91. The highest BCUT2D eigenvalue weighted by Gasteiger charge is 2.25. The molecule has 1 fully saturated rings. The molecule has 2 rings (SSSR count). The van der Waals surface area contributed by atoms with E-state index in [9.17, 15) is 9.59 Å². The van der Waals surface area contributed by atoms with Gasteiger partial charge in [0.2, 0.25) is 0 Å². The molecule has 110 valence electrons. The predicted molar refractivity (Wildman–Crippen MR) is 73.1 cm³/mol. The SMILES string of the molecule is CC1OCCC1NC(=O)NCCc1nc(C(=O)O)cs1. The highest BCUT2D eigenvalue weighted by molar-refractivity contribution is 7.09. The number of carbonyl (C=O) groups is 2. The van der Waals surface area contributed by atoms with Crippen LogP contribution in [0.4, 0.5) is 4.79 Å². The van der Waals surface area contributed by atoms with Gasteiger partial charge in [0.15, 0.2) is 5.69 Å². The number of hydrogen-bond acceptors (Lipinski definition) is 5. The second kappa shape index (κ2) is 6.67. The third-order valence-corrected chi connectivity index (χ3v) is 4.00. The van der Waals surface area contributed by atoms with E-state index in [0.29, 0.717) is 24.6 Å². The number of urea groups is 1. The molecule has 1 aliphatic heterocycles. The lowest BCUT2D eigenvalue weighted by atomic mass is 10.2. The number of nitrogens with zero attached hydrogens (tertiary/aromatic N) is 1. The summed E-state index contributed by atoms with van der Waals surface area (Å²) >= 11 is 1.28. The van der Waals surface area contributed by atoms with Gasteiger partial charge in [-0.3, -0.25) is 0 Å². The molecular formula is C12H17N3O4S. The monoisotopic (exact) mass is 299 g/mol. The summed E-state index contributed by atoms with van der Waals surface area (Å²) < 4.78 is 5.36. The zero-order valence-electron chi connectivity index (χ0n) is 11.1. The van der Waals surface area contributed by atoms with Crippen LogP contribution in [0.1, 0.15) is 28.8 Å². The summed E-state index contributed by atoms with van der Waals surface area (Å²) in [6, 6.07) is -0.184. The van der Waals surface area contributed by atoms with Gasteiger partial charge in [-0.15, -0.1) is 11.3 Å². The number of nitrogens with one attached hydrogen (secondary N) is 2. The molecule has 2 heterocycles. The summed E-state index contributed by atoms with van der Waals surface area (Å²) in [7, 11) is 0. The second-order valence-electron chi connectivity index (χ2n) is 4.55. The maximum Gasteiger partial charge on any atom is 0.355 e. The Balaban J connectivity index is 1.69. The fraction of sp³-hybridized carbons (Fsp3) is 0.583. The molecule has 8 heteroatoms. The Bertz CT molecular complexity index is 491. The molecule has 20 heavy (non-hydrogen) atoms. The van der Waals surface area contributed by atoms with Crippen molar-refractivity contribution in [3.8, 4) is 0 Å². The molecule has 1 aromatic rings. The minimum absolute atomic E-state index is 0.0397. The standard InChI is InChI=1S/C12H17N3O4S/c1-7-8(3-5-19-7)15-12(18)13-4-2-10-14-9(6-20-10)11(16)17/h6-8H,2-5H2,1H3,(H,16,17)(H2,13,15,18). The molecule has 2 amide bonds. The Morgan fingerprint density at radius 1 is 1.60 bits per heavy atom. The number of amides is 2. The summed E-state index contributed by atoms with van der Waals surface area (Å²) in [5.74, 6) is -1.03. The van der Waals surface area contributed by atoms with Crippen molar-refractivity contribution >= 4 is 23.3 Å². The van der Waals surface area contributed by atoms with Crippen molar-refractivity contribution in [2.45, 2.75) is 31.9 Å². The molecule has 0 aromatic carbocycles. The van der Waals surface area contributed by atoms with Gasteiger partial charge in [-0.05, 0) is 13.3 Å². The molecule has 0 aliphatic carbocycles. The summed E-state index contributed by atoms with van der Waals surface area (Å²) in [5, 5.41) is 16.5.